The Bertz CT molecular complexity index is 479. The molecular formula is C14H17ClN2O. The van der Waals surface area contributed by atoms with Gasteiger partial charge in [0.2, 0.25) is 0 Å². The molecule has 0 bridgehead atoms. The average Bonchev–Trinajstić information content (AvgIpc) is 2.76. The molecule has 0 aromatic heterocycles. The van der Waals surface area contributed by atoms with E-state index in [1.165, 1.54) is 5.56 Å². The molecule has 1 heterocycles. The maximum Gasteiger partial charge on any atom is 0.127 e. The minimum atomic E-state index is 0.320. The van der Waals surface area contributed by atoms with Gasteiger partial charge < -0.3 is 4.74 Å². The molecule has 0 atom stereocenters. The van der Waals surface area contributed by atoms with Crippen LogP contribution in [0.2, 0.25) is 5.02 Å². The first-order valence-electron chi connectivity index (χ1n) is 6.17. The molecule has 1 aromatic carbocycles. The van der Waals surface area contributed by atoms with Crippen LogP contribution in [0.3, 0.4) is 0 Å². The summed E-state index contributed by atoms with van der Waals surface area (Å²) in [6.07, 6.45) is 0.919. The summed E-state index contributed by atoms with van der Waals surface area (Å²) in [6, 6.07) is 6.44. The largest absolute Gasteiger partial charge is 0.493 e. The van der Waals surface area contributed by atoms with Gasteiger partial charge in [0.05, 0.1) is 19.2 Å². The maximum absolute atomic E-state index is 8.86. The number of benzene rings is 1. The second-order valence-electron chi connectivity index (χ2n) is 4.81. The first-order chi connectivity index (χ1) is 8.61. The predicted molar refractivity (Wildman–Crippen MR) is 71.8 cm³/mol. The molecule has 0 spiro atoms. The van der Waals surface area contributed by atoms with E-state index in [1.807, 2.05) is 12.1 Å². The molecule has 0 saturated carbocycles. The standard InChI is InChI=1S/C14H17ClN2O/c1-10(2)17(5-4-16)9-12-8-13(15)7-11-3-6-18-14(11)12/h7-8,10H,3,5-6,9H2,1-2H3. The predicted octanol–water partition coefficient (Wildman–Crippen LogP) is 3.01. The van der Waals surface area contributed by atoms with Crippen molar-refractivity contribution in [1.82, 2.24) is 4.90 Å². The van der Waals surface area contributed by atoms with E-state index >= 15 is 0 Å². The molecular weight excluding hydrogens is 248 g/mol. The van der Waals surface area contributed by atoms with Gasteiger partial charge in [0, 0.05) is 29.6 Å². The SMILES string of the molecule is CC(C)N(CC#N)Cc1cc(Cl)cc2c1OCC2. The van der Waals surface area contributed by atoms with Gasteiger partial charge >= 0.3 is 0 Å². The summed E-state index contributed by atoms with van der Waals surface area (Å²) in [5.41, 5.74) is 2.26. The Hall–Kier alpha value is -1.24. The number of hydrogen-bond donors (Lipinski definition) is 0. The van der Waals surface area contributed by atoms with Gasteiger partial charge in [-0.15, -0.1) is 0 Å². The highest BCUT2D eigenvalue weighted by Gasteiger charge is 2.20. The highest BCUT2D eigenvalue weighted by atomic mass is 35.5. The van der Waals surface area contributed by atoms with Crippen LogP contribution in [0, 0.1) is 11.3 Å². The first kappa shape index (κ1) is 13.2. The van der Waals surface area contributed by atoms with Crippen LogP contribution in [0.1, 0.15) is 25.0 Å². The number of nitrogens with zero attached hydrogens (tertiary/aromatic N) is 2. The van der Waals surface area contributed by atoms with Gasteiger partial charge in [-0.25, -0.2) is 0 Å². The molecule has 0 N–H and O–H groups in total. The fourth-order valence-corrected chi connectivity index (χ4v) is 2.46. The summed E-state index contributed by atoms with van der Waals surface area (Å²) in [5.74, 6) is 0.961. The monoisotopic (exact) mass is 264 g/mol. The van der Waals surface area contributed by atoms with Crippen LogP contribution in [0.15, 0.2) is 12.1 Å². The summed E-state index contributed by atoms with van der Waals surface area (Å²) in [5, 5.41) is 9.61. The Morgan fingerprint density at radius 2 is 2.28 bits per heavy atom. The Labute approximate surface area is 113 Å². The van der Waals surface area contributed by atoms with Crippen molar-refractivity contribution >= 4 is 11.6 Å². The summed E-state index contributed by atoms with van der Waals surface area (Å²) < 4.78 is 5.68. The van der Waals surface area contributed by atoms with Crippen LogP contribution in [0.5, 0.6) is 5.75 Å². The van der Waals surface area contributed by atoms with Crippen molar-refractivity contribution in [2.24, 2.45) is 0 Å². The van der Waals surface area contributed by atoms with Crippen molar-refractivity contribution in [2.75, 3.05) is 13.2 Å². The second kappa shape index (κ2) is 5.60. The van der Waals surface area contributed by atoms with Crippen molar-refractivity contribution in [3.8, 4) is 11.8 Å². The van der Waals surface area contributed by atoms with E-state index in [-0.39, 0.29) is 0 Å². The smallest absolute Gasteiger partial charge is 0.127 e. The third kappa shape index (κ3) is 2.77. The van der Waals surface area contributed by atoms with Crippen LogP contribution in [0.25, 0.3) is 0 Å². The van der Waals surface area contributed by atoms with E-state index in [9.17, 15) is 0 Å². The highest BCUT2D eigenvalue weighted by Crippen LogP contribution is 2.33. The number of halogens is 1. The molecule has 0 radical (unpaired) electrons. The first-order valence-corrected chi connectivity index (χ1v) is 6.54. The van der Waals surface area contributed by atoms with E-state index in [0.29, 0.717) is 19.1 Å². The molecule has 1 aromatic rings. The van der Waals surface area contributed by atoms with Crippen molar-refractivity contribution in [3.63, 3.8) is 0 Å². The van der Waals surface area contributed by atoms with Gasteiger partial charge in [-0.3, -0.25) is 4.90 Å². The van der Waals surface area contributed by atoms with Crippen LogP contribution in [-0.4, -0.2) is 24.1 Å². The third-order valence-electron chi connectivity index (χ3n) is 3.20. The lowest BCUT2D eigenvalue weighted by Crippen LogP contribution is -2.30. The Morgan fingerprint density at radius 1 is 1.50 bits per heavy atom. The number of hydrogen-bond acceptors (Lipinski definition) is 3. The molecule has 1 aliphatic heterocycles. The summed E-state index contributed by atoms with van der Waals surface area (Å²) in [7, 11) is 0. The molecule has 3 nitrogen and oxygen atoms in total. The van der Waals surface area contributed by atoms with E-state index in [2.05, 4.69) is 24.8 Å². The van der Waals surface area contributed by atoms with Gasteiger partial charge in [0.25, 0.3) is 0 Å². The quantitative estimate of drug-likeness (QED) is 0.785. The molecule has 1 aliphatic rings. The van der Waals surface area contributed by atoms with Gasteiger partial charge in [0.1, 0.15) is 5.75 Å². The van der Waals surface area contributed by atoms with Gasteiger partial charge in [-0.2, -0.15) is 5.26 Å². The molecule has 18 heavy (non-hydrogen) atoms. The Morgan fingerprint density at radius 3 is 2.94 bits per heavy atom. The average molecular weight is 265 g/mol. The maximum atomic E-state index is 8.86. The zero-order valence-corrected chi connectivity index (χ0v) is 11.5. The molecule has 0 saturated heterocycles. The number of ether oxygens (including phenoxy) is 1. The highest BCUT2D eigenvalue weighted by molar-refractivity contribution is 6.30. The zero-order chi connectivity index (χ0) is 13.1. The molecule has 0 fully saturated rings. The summed E-state index contributed by atoms with van der Waals surface area (Å²) >= 11 is 6.13. The van der Waals surface area contributed by atoms with Crippen LogP contribution >= 0.6 is 11.6 Å². The molecule has 2 rings (SSSR count). The minimum Gasteiger partial charge on any atom is -0.493 e. The normalized spacial score (nSPS) is 13.6. The molecule has 96 valence electrons. The van der Waals surface area contributed by atoms with Crippen LogP contribution < -0.4 is 4.74 Å². The van der Waals surface area contributed by atoms with Crippen molar-refractivity contribution in [2.45, 2.75) is 32.9 Å². The lowest BCUT2D eigenvalue weighted by Gasteiger charge is -2.24. The van der Waals surface area contributed by atoms with Crippen molar-refractivity contribution in [1.29, 1.82) is 5.26 Å². The fourth-order valence-electron chi connectivity index (χ4n) is 2.19. The topological polar surface area (TPSA) is 36.3 Å². The molecule has 0 unspecified atom stereocenters. The number of rotatable bonds is 4. The number of fused-ring (bicyclic) bond motifs is 1. The van der Waals surface area contributed by atoms with Crippen LogP contribution in [-0.2, 0) is 13.0 Å². The molecule has 0 aliphatic carbocycles. The van der Waals surface area contributed by atoms with Crippen LogP contribution in [0.4, 0.5) is 0 Å². The Kier molecular flexibility index (Phi) is 4.11. The van der Waals surface area contributed by atoms with Gasteiger partial charge in [-0.05, 0) is 31.5 Å². The fraction of sp³-hybridized carbons (Fsp3) is 0.500. The number of nitriles is 1. The summed E-state index contributed by atoms with van der Waals surface area (Å²) in [6.45, 7) is 6.02. The lowest BCUT2D eigenvalue weighted by molar-refractivity contribution is 0.236. The van der Waals surface area contributed by atoms with Crippen molar-refractivity contribution in [3.05, 3.63) is 28.3 Å². The molecule has 0 amide bonds. The van der Waals surface area contributed by atoms with Gasteiger partial charge in [0.15, 0.2) is 0 Å². The van der Waals surface area contributed by atoms with E-state index < -0.39 is 0 Å². The van der Waals surface area contributed by atoms with E-state index in [0.717, 1.165) is 29.4 Å². The zero-order valence-electron chi connectivity index (χ0n) is 10.7. The summed E-state index contributed by atoms with van der Waals surface area (Å²) in [4.78, 5) is 2.10. The lowest BCUT2D eigenvalue weighted by atomic mass is 10.1. The Balaban J connectivity index is 2.26. The van der Waals surface area contributed by atoms with E-state index in [1.54, 1.807) is 0 Å². The third-order valence-corrected chi connectivity index (χ3v) is 3.42. The minimum absolute atomic E-state index is 0.320. The second-order valence-corrected chi connectivity index (χ2v) is 5.24. The van der Waals surface area contributed by atoms with Crippen molar-refractivity contribution < 1.29 is 4.74 Å². The van der Waals surface area contributed by atoms with Gasteiger partial charge in [-0.1, -0.05) is 11.6 Å². The molecule has 4 heteroatoms. The van der Waals surface area contributed by atoms with E-state index in [4.69, 9.17) is 21.6 Å².